The van der Waals surface area contributed by atoms with E-state index >= 15 is 0 Å². The van der Waals surface area contributed by atoms with Gasteiger partial charge in [0.2, 0.25) is 0 Å². The minimum Gasteiger partial charge on any atom is -0.309 e. The summed E-state index contributed by atoms with van der Waals surface area (Å²) in [7, 11) is 1.46. The molecule has 3 amide bonds. The highest BCUT2D eigenvalue weighted by Gasteiger charge is 2.62. The molecule has 2 fully saturated rings. The Morgan fingerprint density at radius 3 is 2.70 bits per heavy atom. The fourth-order valence-corrected chi connectivity index (χ4v) is 3.73. The molecule has 7 heteroatoms. The van der Waals surface area contributed by atoms with Crippen molar-refractivity contribution in [3.63, 3.8) is 0 Å². The van der Waals surface area contributed by atoms with Crippen LogP contribution < -0.4 is 4.90 Å². The van der Waals surface area contributed by atoms with Crippen molar-refractivity contribution in [1.29, 1.82) is 5.26 Å². The van der Waals surface area contributed by atoms with Gasteiger partial charge in [0.15, 0.2) is 5.54 Å². The Bertz CT molecular complexity index is 760. The topological polar surface area (TPSA) is 64.4 Å². The summed E-state index contributed by atoms with van der Waals surface area (Å²) in [5, 5.41) is 9.20. The highest BCUT2D eigenvalue weighted by atomic mass is 35.5. The third-order valence-electron chi connectivity index (χ3n) is 4.90. The van der Waals surface area contributed by atoms with Gasteiger partial charge in [-0.1, -0.05) is 11.6 Å². The molecule has 2 unspecified atom stereocenters. The maximum atomic E-state index is 14.4. The molecule has 1 aromatic carbocycles. The van der Waals surface area contributed by atoms with Crippen LogP contribution in [0.25, 0.3) is 0 Å². The lowest BCUT2D eigenvalue weighted by Crippen LogP contribution is -2.52. The van der Waals surface area contributed by atoms with Gasteiger partial charge in [0.1, 0.15) is 12.2 Å². The molecule has 2 aliphatic rings. The van der Waals surface area contributed by atoms with Crippen molar-refractivity contribution in [2.45, 2.75) is 37.9 Å². The number of carbonyl (C=O) groups excluding carboxylic acids is 2. The highest BCUT2D eigenvalue weighted by molar-refractivity contribution is 6.33. The van der Waals surface area contributed by atoms with E-state index in [1.165, 1.54) is 24.1 Å². The first kappa shape index (κ1) is 15.8. The van der Waals surface area contributed by atoms with Gasteiger partial charge in [0.25, 0.3) is 5.91 Å². The monoisotopic (exact) mass is 335 g/mol. The van der Waals surface area contributed by atoms with Crippen LogP contribution in [0.15, 0.2) is 12.1 Å². The lowest BCUT2D eigenvalue weighted by atomic mass is 9.94. The van der Waals surface area contributed by atoms with Crippen LogP contribution in [0, 0.1) is 18.3 Å². The molecule has 1 aliphatic heterocycles. The van der Waals surface area contributed by atoms with Crippen molar-refractivity contribution in [2.75, 3.05) is 11.9 Å². The van der Waals surface area contributed by atoms with Crippen molar-refractivity contribution in [3.05, 3.63) is 28.3 Å². The zero-order valence-electron chi connectivity index (χ0n) is 12.8. The molecule has 5 nitrogen and oxygen atoms in total. The van der Waals surface area contributed by atoms with E-state index in [1.807, 2.05) is 6.07 Å². The number of alkyl halides is 1. The van der Waals surface area contributed by atoms with Crippen LogP contribution in [0.3, 0.4) is 0 Å². The first-order valence-electron chi connectivity index (χ1n) is 7.32. The van der Waals surface area contributed by atoms with E-state index in [1.54, 1.807) is 6.92 Å². The van der Waals surface area contributed by atoms with Crippen LogP contribution in [-0.2, 0) is 4.79 Å². The minimum absolute atomic E-state index is 0.192. The summed E-state index contributed by atoms with van der Waals surface area (Å²) in [6.07, 6.45) is -0.229. The zero-order chi connectivity index (χ0) is 16.9. The second-order valence-corrected chi connectivity index (χ2v) is 6.33. The van der Waals surface area contributed by atoms with Gasteiger partial charge >= 0.3 is 6.03 Å². The van der Waals surface area contributed by atoms with E-state index in [9.17, 15) is 14.0 Å². The third kappa shape index (κ3) is 1.89. The number of hydrogen-bond acceptors (Lipinski definition) is 3. The summed E-state index contributed by atoms with van der Waals surface area (Å²) in [5.41, 5.74) is -0.401. The van der Waals surface area contributed by atoms with Crippen molar-refractivity contribution >= 4 is 29.2 Å². The van der Waals surface area contributed by atoms with Gasteiger partial charge < -0.3 is 4.90 Å². The largest absolute Gasteiger partial charge is 0.332 e. The Kier molecular flexibility index (Phi) is 3.56. The molecule has 1 aliphatic carbocycles. The van der Waals surface area contributed by atoms with Crippen molar-refractivity contribution in [2.24, 2.45) is 0 Å². The number of nitrogens with zero attached hydrogens (tertiary/aromatic N) is 3. The van der Waals surface area contributed by atoms with E-state index < -0.39 is 23.6 Å². The van der Waals surface area contributed by atoms with Crippen LogP contribution >= 0.6 is 11.6 Å². The second kappa shape index (κ2) is 5.20. The fourth-order valence-electron chi connectivity index (χ4n) is 3.53. The average molecular weight is 336 g/mol. The normalized spacial score (nSPS) is 27.2. The van der Waals surface area contributed by atoms with Gasteiger partial charge in [-0.3, -0.25) is 4.79 Å². The van der Waals surface area contributed by atoms with Gasteiger partial charge in [-0.05, 0) is 43.9 Å². The molecule has 1 spiro atoms. The van der Waals surface area contributed by atoms with E-state index in [4.69, 9.17) is 16.9 Å². The predicted molar refractivity (Wildman–Crippen MR) is 83.0 cm³/mol. The third-order valence-corrected chi connectivity index (χ3v) is 5.39. The second-order valence-electron chi connectivity index (χ2n) is 5.95. The number of carbonyl (C=O) groups is 2. The standard InChI is InChI=1S/C16H15ClFN3O2/c1-9-11(6-5-10(8-19)13(9)17)21-14(22)16(20(2)15(21)23)7-3-4-12(16)18/h5-6,12H,3-4,7H2,1-2H3. The molecule has 2 atom stereocenters. The molecule has 1 saturated carbocycles. The molecule has 1 aromatic rings. The first-order chi connectivity index (χ1) is 10.9. The number of anilines is 1. The Morgan fingerprint density at radius 1 is 1.43 bits per heavy atom. The lowest BCUT2D eigenvalue weighted by Gasteiger charge is -2.29. The number of amides is 3. The lowest BCUT2D eigenvalue weighted by molar-refractivity contribution is -0.126. The van der Waals surface area contributed by atoms with Crippen LogP contribution in [0.1, 0.15) is 30.4 Å². The first-order valence-corrected chi connectivity index (χ1v) is 7.69. The maximum Gasteiger partial charge on any atom is 0.332 e. The van der Waals surface area contributed by atoms with E-state index in [0.29, 0.717) is 24.1 Å². The molecule has 0 bridgehead atoms. The number of halogens is 2. The number of hydrogen-bond donors (Lipinski definition) is 0. The molecule has 120 valence electrons. The molecular formula is C16H15ClFN3O2. The quantitative estimate of drug-likeness (QED) is 0.740. The van der Waals surface area contributed by atoms with Crippen molar-refractivity contribution in [3.8, 4) is 6.07 Å². The van der Waals surface area contributed by atoms with Crippen LogP contribution in [0.5, 0.6) is 0 Å². The van der Waals surface area contributed by atoms with E-state index in [-0.39, 0.29) is 17.0 Å². The SMILES string of the molecule is Cc1c(N2C(=O)N(C)C3(CCCC3F)C2=O)ccc(C#N)c1Cl. The Balaban J connectivity index is 2.12. The number of likely N-dealkylation sites (N-methyl/N-ethyl adjacent to an activating group) is 1. The summed E-state index contributed by atoms with van der Waals surface area (Å²) in [5.74, 6) is -0.557. The Labute approximate surface area is 138 Å². The Morgan fingerprint density at radius 2 is 2.13 bits per heavy atom. The van der Waals surface area contributed by atoms with Gasteiger partial charge in [-0.2, -0.15) is 5.26 Å². The number of nitriles is 1. The minimum atomic E-state index is -1.41. The molecular weight excluding hydrogens is 321 g/mol. The maximum absolute atomic E-state index is 14.4. The molecule has 0 N–H and O–H groups in total. The summed E-state index contributed by atoms with van der Waals surface area (Å²) >= 11 is 6.13. The average Bonchev–Trinajstić information content (AvgIpc) is 3.00. The number of urea groups is 1. The Hall–Kier alpha value is -2.13. The fraction of sp³-hybridized carbons (Fsp3) is 0.438. The summed E-state index contributed by atoms with van der Waals surface area (Å²) in [6, 6.07) is 4.34. The predicted octanol–water partition coefficient (Wildman–Crippen LogP) is 3.18. The van der Waals surface area contributed by atoms with Crippen LogP contribution in [0.4, 0.5) is 14.9 Å². The smallest absolute Gasteiger partial charge is 0.309 e. The molecule has 1 heterocycles. The van der Waals surface area contributed by atoms with Crippen molar-refractivity contribution < 1.29 is 14.0 Å². The van der Waals surface area contributed by atoms with E-state index in [2.05, 4.69) is 0 Å². The van der Waals surface area contributed by atoms with Crippen LogP contribution in [0.2, 0.25) is 5.02 Å². The highest BCUT2D eigenvalue weighted by Crippen LogP contribution is 2.45. The van der Waals surface area contributed by atoms with Gasteiger partial charge in [-0.25, -0.2) is 14.1 Å². The molecule has 0 radical (unpaired) electrons. The van der Waals surface area contributed by atoms with Crippen LogP contribution in [-0.4, -0.2) is 35.6 Å². The molecule has 0 aromatic heterocycles. The summed E-state index contributed by atoms with van der Waals surface area (Å²) in [4.78, 5) is 27.7. The number of benzene rings is 1. The van der Waals surface area contributed by atoms with Gasteiger partial charge in [0, 0.05) is 7.05 Å². The zero-order valence-corrected chi connectivity index (χ0v) is 13.5. The van der Waals surface area contributed by atoms with E-state index in [0.717, 1.165) is 4.90 Å². The molecule has 1 saturated heterocycles. The summed E-state index contributed by atoms with van der Waals surface area (Å²) < 4.78 is 14.4. The molecule has 3 rings (SSSR count). The van der Waals surface area contributed by atoms with Gasteiger partial charge in [-0.15, -0.1) is 0 Å². The molecule has 23 heavy (non-hydrogen) atoms. The van der Waals surface area contributed by atoms with Crippen molar-refractivity contribution in [1.82, 2.24) is 4.90 Å². The van der Waals surface area contributed by atoms with Gasteiger partial charge in [0.05, 0.1) is 16.3 Å². The summed E-state index contributed by atoms with van der Waals surface area (Å²) in [6.45, 7) is 1.63. The number of imide groups is 1. The number of rotatable bonds is 1.